The summed E-state index contributed by atoms with van der Waals surface area (Å²) in [6.07, 6.45) is 1.71. The highest BCUT2D eigenvalue weighted by Gasteiger charge is 1.75. The van der Waals surface area contributed by atoms with Gasteiger partial charge in [-0.3, -0.25) is 0 Å². The van der Waals surface area contributed by atoms with Crippen molar-refractivity contribution in [3.05, 3.63) is 12.7 Å². The summed E-state index contributed by atoms with van der Waals surface area (Å²) in [5.41, 5.74) is 3.74. The smallest absolute Gasteiger partial charge is 0.0566 e. The highest BCUT2D eigenvalue weighted by molar-refractivity contribution is 5.91. The third-order valence-corrected chi connectivity index (χ3v) is 0.709. The molecule has 0 atom stereocenters. The molecule has 0 aromatic carbocycles. The zero-order chi connectivity index (χ0) is 6.41. The van der Waals surface area contributed by atoms with Crippen molar-refractivity contribution in [3.63, 3.8) is 0 Å². The van der Waals surface area contributed by atoms with Gasteiger partial charge < -0.3 is 5.43 Å². The first-order chi connectivity index (χ1) is 3.81. The predicted octanol–water partition coefficient (Wildman–Crippen LogP) is 1.16. The normalized spacial score (nSPS) is 11.0. The number of rotatable bonds is 3. The average Bonchev–Trinajstić information content (AvgIpc) is 1.83. The molecule has 0 rings (SSSR count). The van der Waals surface area contributed by atoms with E-state index in [1.807, 2.05) is 13.8 Å². The molecule has 0 heterocycles. The van der Waals surface area contributed by atoms with Gasteiger partial charge in [0.2, 0.25) is 0 Å². The Balaban J connectivity index is 3.40. The average molecular weight is 112 g/mol. The molecule has 2 heteroatoms. The maximum atomic E-state index is 3.91. The van der Waals surface area contributed by atoms with Crippen molar-refractivity contribution >= 4 is 5.71 Å². The number of hydrogen-bond donors (Lipinski definition) is 1. The van der Waals surface area contributed by atoms with Crippen LogP contribution in [0.25, 0.3) is 0 Å². The van der Waals surface area contributed by atoms with Crippen molar-refractivity contribution in [2.45, 2.75) is 13.8 Å². The van der Waals surface area contributed by atoms with E-state index < -0.39 is 0 Å². The zero-order valence-corrected chi connectivity index (χ0v) is 5.44. The molecule has 0 unspecified atom stereocenters. The van der Waals surface area contributed by atoms with Crippen LogP contribution >= 0.6 is 0 Å². The first-order valence-electron chi connectivity index (χ1n) is 2.70. The number of hydrazone groups is 1. The topological polar surface area (TPSA) is 24.4 Å². The molecule has 0 fully saturated rings. The van der Waals surface area contributed by atoms with Crippen molar-refractivity contribution in [2.24, 2.45) is 5.10 Å². The van der Waals surface area contributed by atoms with Crippen molar-refractivity contribution in [1.82, 2.24) is 5.43 Å². The molecule has 0 aromatic rings. The Labute approximate surface area is 50.3 Å². The van der Waals surface area contributed by atoms with Crippen LogP contribution in [0.1, 0.15) is 13.8 Å². The molecule has 46 valence electrons. The van der Waals surface area contributed by atoms with Crippen LogP contribution in [0.3, 0.4) is 0 Å². The Kier molecular flexibility index (Phi) is 3.94. The lowest BCUT2D eigenvalue weighted by molar-refractivity contribution is 0.783. The minimum atomic E-state index is 0.866. The van der Waals surface area contributed by atoms with Gasteiger partial charge in [0, 0.05) is 6.54 Å². The van der Waals surface area contributed by atoms with Gasteiger partial charge in [0.15, 0.2) is 0 Å². The number of hydrogen-bond acceptors (Lipinski definition) is 2. The quantitative estimate of drug-likeness (QED) is 0.430. The fourth-order valence-electron chi connectivity index (χ4n) is 0.249. The molecule has 0 bridgehead atoms. The third kappa shape index (κ3) is 3.40. The number of nitrogens with one attached hydrogen (secondary N) is 1. The molecule has 0 saturated heterocycles. The summed E-state index contributed by atoms with van der Waals surface area (Å²) < 4.78 is 0. The second-order valence-electron chi connectivity index (χ2n) is 1.47. The van der Waals surface area contributed by atoms with Crippen LogP contribution in [0.2, 0.25) is 0 Å². The summed E-state index contributed by atoms with van der Waals surface area (Å²) in [6.45, 7) is 8.31. The molecular weight excluding hydrogens is 100 g/mol. The SMILES string of the molecule is C=CC(C)=NNCC. The second-order valence-corrected chi connectivity index (χ2v) is 1.47. The highest BCUT2D eigenvalue weighted by atomic mass is 15.3. The lowest BCUT2D eigenvalue weighted by atomic mass is 10.4. The molecular formula is C6H12N2. The third-order valence-electron chi connectivity index (χ3n) is 0.709. The summed E-state index contributed by atoms with van der Waals surface area (Å²) in [6, 6.07) is 0. The molecule has 0 aromatic heterocycles. The fourth-order valence-corrected chi connectivity index (χ4v) is 0.249. The van der Waals surface area contributed by atoms with Gasteiger partial charge in [-0.2, -0.15) is 5.10 Å². The summed E-state index contributed by atoms with van der Waals surface area (Å²) in [5.74, 6) is 0. The second kappa shape index (κ2) is 4.37. The van der Waals surface area contributed by atoms with Crippen LogP contribution in [-0.2, 0) is 0 Å². The van der Waals surface area contributed by atoms with Crippen LogP contribution < -0.4 is 5.43 Å². The number of allylic oxidation sites excluding steroid dienone is 1. The summed E-state index contributed by atoms with van der Waals surface area (Å²) in [5, 5.41) is 3.91. The van der Waals surface area contributed by atoms with E-state index in [1.54, 1.807) is 6.08 Å². The molecule has 0 aliphatic heterocycles. The van der Waals surface area contributed by atoms with Crippen LogP contribution in [0.15, 0.2) is 17.8 Å². The molecule has 0 spiro atoms. The molecule has 8 heavy (non-hydrogen) atoms. The monoisotopic (exact) mass is 112 g/mol. The Morgan fingerprint density at radius 3 is 2.88 bits per heavy atom. The van der Waals surface area contributed by atoms with Crippen LogP contribution in [0.5, 0.6) is 0 Å². The van der Waals surface area contributed by atoms with Gasteiger partial charge in [0.05, 0.1) is 5.71 Å². The van der Waals surface area contributed by atoms with Crippen molar-refractivity contribution < 1.29 is 0 Å². The summed E-state index contributed by atoms with van der Waals surface area (Å²) >= 11 is 0. The molecule has 0 aliphatic carbocycles. The van der Waals surface area contributed by atoms with Gasteiger partial charge in [-0.05, 0) is 19.9 Å². The van der Waals surface area contributed by atoms with Crippen LogP contribution in [0.4, 0.5) is 0 Å². The van der Waals surface area contributed by atoms with Gasteiger partial charge in [-0.25, -0.2) is 0 Å². The van der Waals surface area contributed by atoms with Crippen molar-refractivity contribution in [3.8, 4) is 0 Å². The van der Waals surface area contributed by atoms with E-state index in [0.29, 0.717) is 0 Å². The lowest BCUT2D eigenvalue weighted by Gasteiger charge is -1.91. The van der Waals surface area contributed by atoms with Gasteiger partial charge >= 0.3 is 0 Å². The van der Waals surface area contributed by atoms with Gasteiger partial charge in [-0.1, -0.05) is 6.58 Å². The van der Waals surface area contributed by atoms with Crippen molar-refractivity contribution in [2.75, 3.05) is 6.54 Å². The first kappa shape index (κ1) is 7.21. The van der Waals surface area contributed by atoms with E-state index in [4.69, 9.17) is 0 Å². The molecule has 0 radical (unpaired) electrons. The standard InChI is InChI=1S/C6H12N2/c1-4-6(3)8-7-5-2/h4,7H,1,5H2,2-3H3. The van der Waals surface area contributed by atoms with E-state index in [-0.39, 0.29) is 0 Å². The molecule has 0 aliphatic rings. The predicted molar refractivity (Wildman–Crippen MR) is 37.0 cm³/mol. The minimum Gasteiger partial charge on any atom is -0.310 e. The minimum absolute atomic E-state index is 0.866. The van der Waals surface area contributed by atoms with E-state index in [2.05, 4.69) is 17.1 Å². The maximum Gasteiger partial charge on any atom is 0.0566 e. The molecule has 0 amide bonds. The van der Waals surface area contributed by atoms with Crippen molar-refractivity contribution in [1.29, 1.82) is 0 Å². The van der Waals surface area contributed by atoms with Crippen LogP contribution in [-0.4, -0.2) is 12.3 Å². The Morgan fingerprint density at radius 1 is 1.88 bits per heavy atom. The van der Waals surface area contributed by atoms with E-state index in [1.165, 1.54) is 0 Å². The van der Waals surface area contributed by atoms with Crippen LogP contribution in [0, 0.1) is 0 Å². The zero-order valence-electron chi connectivity index (χ0n) is 5.44. The molecule has 2 nitrogen and oxygen atoms in total. The van der Waals surface area contributed by atoms with E-state index >= 15 is 0 Å². The Bertz CT molecular complexity index is 94.7. The first-order valence-corrected chi connectivity index (χ1v) is 2.70. The number of nitrogens with zero attached hydrogens (tertiary/aromatic N) is 1. The molecule has 0 saturated carbocycles. The highest BCUT2D eigenvalue weighted by Crippen LogP contribution is 1.72. The van der Waals surface area contributed by atoms with Gasteiger partial charge in [0.1, 0.15) is 0 Å². The Morgan fingerprint density at radius 2 is 2.50 bits per heavy atom. The van der Waals surface area contributed by atoms with Gasteiger partial charge in [-0.15, -0.1) is 0 Å². The Hall–Kier alpha value is -0.790. The maximum absolute atomic E-state index is 3.91. The molecule has 1 N–H and O–H groups in total. The van der Waals surface area contributed by atoms with E-state index in [9.17, 15) is 0 Å². The fraction of sp³-hybridized carbons (Fsp3) is 0.500. The van der Waals surface area contributed by atoms with Gasteiger partial charge in [0.25, 0.3) is 0 Å². The largest absolute Gasteiger partial charge is 0.310 e. The summed E-state index contributed by atoms with van der Waals surface area (Å²) in [7, 11) is 0. The van der Waals surface area contributed by atoms with E-state index in [0.717, 1.165) is 12.3 Å². The lowest BCUT2D eigenvalue weighted by Crippen LogP contribution is -2.05. The summed E-state index contributed by atoms with van der Waals surface area (Å²) in [4.78, 5) is 0.